The fourth-order valence-corrected chi connectivity index (χ4v) is 4.15. The van der Waals surface area contributed by atoms with E-state index in [2.05, 4.69) is 71.1 Å². The number of pyridine rings is 1. The smallest absolute Gasteiger partial charge is 0.146 e. The Bertz CT molecular complexity index is 1510. The fraction of sp³-hybridized carbons (Fsp3) is 0.0417. The fourth-order valence-electron chi connectivity index (χ4n) is 4.15. The van der Waals surface area contributed by atoms with Crippen molar-refractivity contribution in [1.82, 2.24) is 9.38 Å². The normalized spacial score (nSPS) is 11.9. The Kier molecular flexibility index (Phi) is 2.81. The molecule has 6 rings (SSSR count). The molecule has 0 aliphatic rings. The number of hydrogen-bond acceptors (Lipinski definition) is 2. The first-order valence-corrected chi connectivity index (χ1v) is 9.03. The van der Waals surface area contributed by atoms with E-state index in [1.807, 2.05) is 12.1 Å². The molecule has 3 nitrogen and oxygen atoms in total. The highest BCUT2D eigenvalue weighted by Crippen LogP contribution is 2.36. The van der Waals surface area contributed by atoms with Crippen LogP contribution in [0.2, 0.25) is 0 Å². The van der Waals surface area contributed by atoms with E-state index in [1.54, 1.807) is 7.11 Å². The molecule has 0 aliphatic heterocycles. The standard InChI is InChI=1S/C24H16N2O/c1-27-17-10-11-18-19-12-15-6-2-3-7-16(15)13-23(19)26-22-9-5-4-8-21(22)25-24(26)20(18)14-17/h2-14H,1H3. The van der Waals surface area contributed by atoms with E-state index in [-0.39, 0.29) is 0 Å². The number of ether oxygens (including phenoxy) is 1. The van der Waals surface area contributed by atoms with Gasteiger partial charge in [-0.05, 0) is 58.6 Å². The average molecular weight is 348 g/mol. The maximum Gasteiger partial charge on any atom is 0.146 e. The lowest BCUT2D eigenvalue weighted by molar-refractivity contribution is 0.415. The van der Waals surface area contributed by atoms with Gasteiger partial charge in [0.05, 0.1) is 23.7 Å². The Hall–Kier alpha value is -3.59. The quantitative estimate of drug-likeness (QED) is 0.271. The van der Waals surface area contributed by atoms with Crippen LogP contribution in [0.5, 0.6) is 5.75 Å². The molecule has 27 heavy (non-hydrogen) atoms. The van der Waals surface area contributed by atoms with Gasteiger partial charge in [-0.25, -0.2) is 4.98 Å². The number of hydrogen-bond donors (Lipinski definition) is 0. The van der Waals surface area contributed by atoms with Gasteiger partial charge in [-0.15, -0.1) is 0 Å². The highest BCUT2D eigenvalue weighted by Gasteiger charge is 2.14. The van der Waals surface area contributed by atoms with Gasteiger partial charge in [-0.3, -0.25) is 4.40 Å². The molecule has 0 N–H and O–H groups in total. The maximum atomic E-state index is 5.49. The van der Waals surface area contributed by atoms with Crippen molar-refractivity contribution in [2.24, 2.45) is 0 Å². The lowest BCUT2D eigenvalue weighted by Gasteiger charge is -2.11. The van der Waals surface area contributed by atoms with Crippen LogP contribution in [0, 0.1) is 0 Å². The van der Waals surface area contributed by atoms with Crippen LogP contribution in [0.4, 0.5) is 0 Å². The van der Waals surface area contributed by atoms with Crippen LogP contribution < -0.4 is 4.74 Å². The topological polar surface area (TPSA) is 26.5 Å². The monoisotopic (exact) mass is 348 g/mol. The van der Waals surface area contributed by atoms with Crippen LogP contribution in [0.25, 0.3) is 49.1 Å². The predicted octanol–water partition coefficient (Wildman–Crippen LogP) is 5.96. The zero-order valence-corrected chi connectivity index (χ0v) is 14.8. The summed E-state index contributed by atoms with van der Waals surface area (Å²) in [7, 11) is 1.70. The molecule has 0 spiro atoms. The minimum Gasteiger partial charge on any atom is -0.497 e. The van der Waals surface area contributed by atoms with Crippen molar-refractivity contribution in [1.29, 1.82) is 0 Å². The molecule has 0 bridgehead atoms. The van der Waals surface area contributed by atoms with Crippen molar-refractivity contribution in [3.63, 3.8) is 0 Å². The molecule has 0 amide bonds. The lowest BCUT2D eigenvalue weighted by Crippen LogP contribution is -1.93. The Morgan fingerprint density at radius 1 is 0.704 bits per heavy atom. The number of methoxy groups -OCH3 is 1. The zero-order chi connectivity index (χ0) is 18.0. The van der Waals surface area contributed by atoms with Crippen LogP contribution in [0.15, 0.2) is 78.9 Å². The van der Waals surface area contributed by atoms with Crippen molar-refractivity contribution < 1.29 is 4.74 Å². The number of para-hydroxylation sites is 2. The van der Waals surface area contributed by atoms with E-state index in [4.69, 9.17) is 9.72 Å². The van der Waals surface area contributed by atoms with E-state index in [9.17, 15) is 0 Å². The van der Waals surface area contributed by atoms with Crippen molar-refractivity contribution in [3.8, 4) is 5.75 Å². The van der Waals surface area contributed by atoms with Gasteiger partial charge in [0.25, 0.3) is 0 Å². The molecule has 0 atom stereocenters. The molecule has 0 aliphatic carbocycles. The Labute approximate surface area is 155 Å². The molecule has 0 fully saturated rings. The first kappa shape index (κ1) is 14.6. The van der Waals surface area contributed by atoms with Crippen LogP contribution in [0.3, 0.4) is 0 Å². The van der Waals surface area contributed by atoms with Crippen molar-refractivity contribution in [3.05, 3.63) is 78.9 Å². The number of fused-ring (bicyclic) bond motifs is 9. The Morgan fingerprint density at radius 3 is 2.33 bits per heavy atom. The summed E-state index contributed by atoms with van der Waals surface area (Å²) in [6.45, 7) is 0. The lowest BCUT2D eigenvalue weighted by atomic mass is 10.0. The van der Waals surface area contributed by atoms with E-state index in [1.165, 1.54) is 27.1 Å². The molecule has 0 radical (unpaired) electrons. The summed E-state index contributed by atoms with van der Waals surface area (Å²) in [6, 6.07) is 27.6. The molecular weight excluding hydrogens is 332 g/mol. The summed E-state index contributed by atoms with van der Waals surface area (Å²) in [5, 5.41) is 6.00. The minimum absolute atomic E-state index is 0.844. The van der Waals surface area contributed by atoms with Crippen LogP contribution in [-0.4, -0.2) is 16.5 Å². The summed E-state index contributed by atoms with van der Waals surface area (Å²) >= 11 is 0. The van der Waals surface area contributed by atoms with Gasteiger partial charge in [-0.2, -0.15) is 0 Å². The molecule has 0 saturated carbocycles. The molecule has 6 aromatic rings. The van der Waals surface area contributed by atoms with Crippen molar-refractivity contribution >= 4 is 49.1 Å². The third kappa shape index (κ3) is 1.94. The molecule has 2 aromatic heterocycles. The molecule has 0 saturated heterocycles. The average Bonchev–Trinajstić information content (AvgIpc) is 3.12. The van der Waals surface area contributed by atoms with Gasteiger partial charge < -0.3 is 4.74 Å². The van der Waals surface area contributed by atoms with Crippen LogP contribution in [-0.2, 0) is 0 Å². The van der Waals surface area contributed by atoms with E-state index < -0.39 is 0 Å². The number of benzene rings is 4. The molecule has 4 aromatic carbocycles. The van der Waals surface area contributed by atoms with Gasteiger partial charge in [-0.1, -0.05) is 36.4 Å². The van der Waals surface area contributed by atoms with Gasteiger partial charge in [0, 0.05) is 10.8 Å². The SMILES string of the molecule is COc1ccc2c3cc4ccccc4cc3n3c4ccccc4nc3c2c1. The number of imidazole rings is 1. The summed E-state index contributed by atoms with van der Waals surface area (Å²) < 4.78 is 7.77. The summed E-state index contributed by atoms with van der Waals surface area (Å²) in [4.78, 5) is 4.96. The van der Waals surface area contributed by atoms with E-state index >= 15 is 0 Å². The second kappa shape index (κ2) is 5.21. The molecule has 2 heterocycles. The largest absolute Gasteiger partial charge is 0.497 e. The predicted molar refractivity (Wildman–Crippen MR) is 112 cm³/mol. The third-order valence-electron chi connectivity index (χ3n) is 5.42. The second-order valence-corrected chi connectivity index (χ2v) is 6.89. The van der Waals surface area contributed by atoms with Crippen LogP contribution >= 0.6 is 0 Å². The first-order valence-electron chi connectivity index (χ1n) is 9.03. The van der Waals surface area contributed by atoms with Gasteiger partial charge in [0.15, 0.2) is 0 Å². The molecular formula is C24H16N2O. The highest BCUT2D eigenvalue weighted by atomic mass is 16.5. The first-order chi connectivity index (χ1) is 13.3. The Morgan fingerprint density at radius 2 is 1.48 bits per heavy atom. The van der Waals surface area contributed by atoms with E-state index in [0.29, 0.717) is 0 Å². The van der Waals surface area contributed by atoms with Crippen molar-refractivity contribution in [2.45, 2.75) is 0 Å². The number of aromatic nitrogens is 2. The van der Waals surface area contributed by atoms with Gasteiger partial charge >= 0.3 is 0 Å². The van der Waals surface area contributed by atoms with Gasteiger partial charge in [0.2, 0.25) is 0 Å². The van der Waals surface area contributed by atoms with Gasteiger partial charge in [0.1, 0.15) is 11.4 Å². The third-order valence-corrected chi connectivity index (χ3v) is 5.42. The molecule has 0 unspecified atom stereocenters. The van der Waals surface area contributed by atoms with Crippen LogP contribution in [0.1, 0.15) is 0 Å². The number of nitrogens with zero attached hydrogens (tertiary/aromatic N) is 2. The second-order valence-electron chi connectivity index (χ2n) is 6.89. The Balaban J connectivity index is 1.98. The van der Waals surface area contributed by atoms with Crippen molar-refractivity contribution in [2.75, 3.05) is 7.11 Å². The zero-order valence-electron chi connectivity index (χ0n) is 14.8. The maximum absolute atomic E-state index is 5.49. The summed E-state index contributed by atoms with van der Waals surface area (Å²) in [5.74, 6) is 0.844. The summed E-state index contributed by atoms with van der Waals surface area (Å²) in [5.41, 5.74) is 4.27. The molecule has 3 heteroatoms. The minimum atomic E-state index is 0.844. The van der Waals surface area contributed by atoms with E-state index in [0.717, 1.165) is 27.8 Å². The highest BCUT2D eigenvalue weighted by molar-refractivity contribution is 6.16. The molecule has 128 valence electrons. The summed E-state index contributed by atoms with van der Waals surface area (Å²) in [6.07, 6.45) is 0. The number of rotatable bonds is 1.